The van der Waals surface area contributed by atoms with Gasteiger partial charge < -0.3 is 14.1 Å². The van der Waals surface area contributed by atoms with Crippen LogP contribution in [0.5, 0.6) is 0 Å². The molecular weight excluding hydrogens is 482 g/mol. The molecule has 2 aromatic carbocycles. The highest BCUT2D eigenvalue weighted by Crippen LogP contribution is 2.36. The maximum atomic E-state index is 13.5. The number of carbonyl (C=O) groups is 2. The van der Waals surface area contributed by atoms with Crippen molar-refractivity contribution in [3.8, 4) is 11.3 Å². The molecule has 0 saturated carbocycles. The third kappa shape index (κ3) is 5.15. The number of aromatic nitrogens is 1. The van der Waals surface area contributed by atoms with Crippen LogP contribution >= 0.6 is 0 Å². The number of esters is 1. The smallest absolute Gasteiger partial charge is 0.394 e. The third-order valence-electron chi connectivity index (χ3n) is 6.12. The van der Waals surface area contributed by atoms with Crippen molar-refractivity contribution in [1.29, 1.82) is 0 Å². The number of amides is 1. The molecule has 1 N–H and O–H groups in total. The fourth-order valence-corrected chi connectivity index (χ4v) is 5.98. The van der Waals surface area contributed by atoms with E-state index in [2.05, 4.69) is 16.6 Å². The molecule has 3 aromatic rings. The summed E-state index contributed by atoms with van der Waals surface area (Å²) in [6.07, 6.45) is 1.75. The molecule has 1 aliphatic rings. The van der Waals surface area contributed by atoms with Crippen LogP contribution in [0, 0.1) is 5.92 Å². The van der Waals surface area contributed by atoms with Crippen molar-refractivity contribution in [3.63, 3.8) is 0 Å². The summed E-state index contributed by atoms with van der Waals surface area (Å²) in [5.41, 5.74) is -0.222. The first kappa shape index (κ1) is 25.8. The Morgan fingerprint density at radius 3 is 2.33 bits per heavy atom. The van der Waals surface area contributed by atoms with Crippen LogP contribution in [0.15, 0.2) is 45.7 Å². The number of nitrogens with zero attached hydrogens (tertiary/aromatic N) is 2. The first-order valence-electron chi connectivity index (χ1n) is 11.9. The molecule has 2 heterocycles. The zero-order chi connectivity index (χ0) is 26.3. The fraction of sp³-hybridized carbons (Fsp3) is 0.423. The molecular formula is C26H31N3O6S. The monoisotopic (exact) mass is 513 g/mol. The molecule has 4 rings (SSSR count). The first-order valence-corrected chi connectivity index (χ1v) is 13.3. The van der Waals surface area contributed by atoms with Crippen LogP contribution in [-0.2, 0) is 14.8 Å². The van der Waals surface area contributed by atoms with Gasteiger partial charge in [-0.05, 0) is 57.0 Å². The fourth-order valence-electron chi connectivity index (χ4n) is 4.35. The van der Waals surface area contributed by atoms with Gasteiger partial charge in [0.2, 0.25) is 10.0 Å². The molecule has 9 nitrogen and oxygen atoms in total. The molecule has 1 amide bonds. The van der Waals surface area contributed by atoms with Gasteiger partial charge in [-0.25, -0.2) is 17.9 Å². The second kappa shape index (κ2) is 9.67. The van der Waals surface area contributed by atoms with E-state index in [0.29, 0.717) is 35.3 Å². The highest BCUT2D eigenvalue weighted by Gasteiger charge is 2.32. The molecule has 0 spiro atoms. The summed E-state index contributed by atoms with van der Waals surface area (Å²) >= 11 is 0. The van der Waals surface area contributed by atoms with Crippen molar-refractivity contribution >= 4 is 32.7 Å². The van der Waals surface area contributed by atoms with Gasteiger partial charge in [-0.1, -0.05) is 31.2 Å². The number of rotatable bonds is 5. The second-order valence-corrected chi connectivity index (χ2v) is 11.8. The van der Waals surface area contributed by atoms with Gasteiger partial charge in [0, 0.05) is 29.6 Å². The van der Waals surface area contributed by atoms with E-state index < -0.39 is 21.5 Å². The predicted molar refractivity (Wildman–Crippen MR) is 135 cm³/mol. The summed E-state index contributed by atoms with van der Waals surface area (Å²) in [6, 6.07) is 10.0. The van der Waals surface area contributed by atoms with E-state index in [9.17, 15) is 18.0 Å². The van der Waals surface area contributed by atoms with Crippen LogP contribution < -0.4 is 4.72 Å². The van der Waals surface area contributed by atoms with Crippen LogP contribution in [0.4, 0.5) is 0 Å². The summed E-state index contributed by atoms with van der Waals surface area (Å²) in [7, 11) is -2.64. The molecule has 10 heteroatoms. The largest absolute Gasteiger partial charge is 0.462 e. The Bertz CT molecular complexity index is 1410. The highest BCUT2D eigenvalue weighted by molar-refractivity contribution is 7.89. The quantitative estimate of drug-likeness (QED) is 0.507. The SMILES string of the molecule is COC(=O)c1nc(C(=O)N2CCC(C)CC2)c(-c2ccc(S(=O)(=O)NC(C)(C)C)c3ccccc23)o1. The van der Waals surface area contributed by atoms with Gasteiger partial charge in [-0.3, -0.25) is 4.79 Å². The van der Waals surface area contributed by atoms with E-state index >= 15 is 0 Å². The molecule has 1 fully saturated rings. The molecule has 1 aromatic heterocycles. The van der Waals surface area contributed by atoms with Gasteiger partial charge in [0.15, 0.2) is 11.5 Å². The molecule has 1 saturated heterocycles. The lowest BCUT2D eigenvalue weighted by Crippen LogP contribution is -2.40. The zero-order valence-electron chi connectivity index (χ0n) is 21.1. The van der Waals surface area contributed by atoms with Gasteiger partial charge in [0.1, 0.15) is 0 Å². The minimum Gasteiger partial charge on any atom is -0.462 e. The number of carbonyl (C=O) groups excluding carboxylic acids is 2. The van der Waals surface area contributed by atoms with Crippen molar-refractivity contribution in [2.45, 2.75) is 51.0 Å². The maximum Gasteiger partial charge on any atom is 0.394 e. The number of piperidine rings is 1. The summed E-state index contributed by atoms with van der Waals surface area (Å²) < 4.78 is 39.6. The summed E-state index contributed by atoms with van der Waals surface area (Å²) in [6.45, 7) is 8.61. The van der Waals surface area contributed by atoms with Crippen molar-refractivity contribution in [1.82, 2.24) is 14.6 Å². The molecule has 0 radical (unpaired) electrons. The minimum absolute atomic E-state index is 0.00136. The number of fused-ring (bicyclic) bond motifs is 1. The Morgan fingerprint density at radius 2 is 1.72 bits per heavy atom. The van der Waals surface area contributed by atoms with Crippen molar-refractivity contribution in [3.05, 3.63) is 48.0 Å². The number of methoxy groups -OCH3 is 1. The van der Waals surface area contributed by atoms with E-state index in [1.54, 1.807) is 56.0 Å². The third-order valence-corrected chi connectivity index (χ3v) is 7.94. The second-order valence-electron chi connectivity index (χ2n) is 10.2. The maximum absolute atomic E-state index is 13.5. The Hall–Kier alpha value is -3.24. The molecule has 0 bridgehead atoms. The van der Waals surface area contributed by atoms with Crippen molar-refractivity contribution < 1.29 is 27.2 Å². The number of ether oxygens (including phenoxy) is 1. The van der Waals surface area contributed by atoms with Crippen LogP contribution in [0.2, 0.25) is 0 Å². The molecule has 1 aliphatic heterocycles. The molecule has 192 valence electrons. The van der Waals surface area contributed by atoms with Crippen molar-refractivity contribution in [2.75, 3.05) is 20.2 Å². The van der Waals surface area contributed by atoms with Crippen molar-refractivity contribution in [2.24, 2.45) is 5.92 Å². The zero-order valence-corrected chi connectivity index (χ0v) is 21.9. The standard InChI is InChI=1S/C26H31N3O6S/c1-16-12-14-29(15-13-16)24(30)21-22(35-23(27-21)25(31)34-5)19-10-11-20(18-9-7-6-8-17(18)19)36(32,33)28-26(2,3)4/h6-11,16,28H,12-15H2,1-5H3. The van der Waals surface area contributed by atoms with Gasteiger partial charge >= 0.3 is 11.9 Å². The van der Waals surface area contributed by atoms with E-state index in [1.165, 1.54) is 13.2 Å². The van der Waals surface area contributed by atoms with Gasteiger partial charge in [0.25, 0.3) is 5.91 Å². The number of likely N-dealkylation sites (tertiary alicyclic amines) is 1. The normalized spacial score (nSPS) is 15.3. The Kier molecular flexibility index (Phi) is 6.94. The summed E-state index contributed by atoms with van der Waals surface area (Å²) in [5.74, 6) is -0.859. The number of hydrogen-bond acceptors (Lipinski definition) is 7. The van der Waals surface area contributed by atoms with Gasteiger partial charge in [0.05, 0.1) is 12.0 Å². The van der Waals surface area contributed by atoms with E-state index in [-0.39, 0.29) is 28.1 Å². The molecule has 0 aliphatic carbocycles. The first-order chi connectivity index (χ1) is 16.9. The van der Waals surface area contributed by atoms with Crippen LogP contribution in [0.25, 0.3) is 22.1 Å². The van der Waals surface area contributed by atoms with E-state index in [0.717, 1.165) is 12.8 Å². The average Bonchev–Trinajstić information content (AvgIpc) is 3.26. The number of nitrogens with one attached hydrogen (secondary N) is 1. The summed E-state index contributed by atoms with van der Waals surface area (Å²) in [5, 5.41) is 0.996. The predicted octanol–water partition coefficient (Wildman–Crippen LogP) is 4.23. The molecule has 0 unspecified atom stereocenters. The minimum atomic E-state index is -3.85. The van der Waals surface area contributed by atoms with Gasteiger partial charge in [-0.2, -0.15) is 4.98 Å². The number of sulfonamides is 1. The Morgan fingerprint density at radius 1 is 1.08 bits per heavy atom. The van der Waals surface area contributed by atoms with Gasteiger partial charge in [-0.15, -0.1) is 0 Å². The van der Waals surface area contributed by atoms with E-state index in [1.807, 2.05) is 0 Å². The Labute approximate surface area is 210 Å². The summed E-state index contributed by atoms with van der Waals surface area (Å²) in [4.78, 5) is 31.8. The Balaban J connectivity index is 1.88. The molecule has 36 heavy (non-hydrogen) atoms. The van der Waals surface area contributed by atoms with Crippen LogP contribution in [0.3, 0.4) is 0 Å². The lowest BCUT2D eigenvalue weighted by molar-refractivity contribution is 0.0557. The van der Waals surface area contributed by atoms with E-state index in [4.69, 9.17) is 9.15 Å². The topological polar surface area (TPSA) is 119 Å². The number of hydrogen-bond donors (Lipinski definition) is 1. The molecule has 0 atom stereocenters. The lowest BCUT2D eigenvalue weighted by atomic mass is 9.98. The van der Waals surface area contributed by atoms with Crippen LogP contribution in [-0.4, -0.2) is 55.9 Å². The number of oxazole rings is 1. The highest BCUT2D eigenvalue weighted by atomic mass is 32.2. The lowest BCUT2D eigenvalue weighted by Gasteiger charge is -2.29. The number of benzene rings is 2. The van der Waals surface area contributed by atoms with Crippen LogP contribution in [0.1, 0.15) is 61.7 Å². The average molecular weight is 514 g/mol.